The van der Waals surface area contributed by atoms with Crippen molar-refractivity contribution in [2.45, 2.75) is 6.92 Å². The summed E-state index contributed by atoms with van der Waals surface area (Å²) in [5.41, 5.74) is 1.11. The number of aryl methyl sites for hydroxylation is 1. The fourth-order valence-corrected chi connectivity index (χ4v) is 0.836. The number of carbonyl (C=O) groups excluding carboxylic acids is 1. The van der Waals surface area contributed by atoms with Crippen LogP contribution in [-0.2, 0) is 4.79 Å². The molecule has 0 spiro atoms. The molecule has 0 amide bonds. The van der Waals surface area contributed by atoms with Gasteiger partial charge in [0, 0.05) is 6.07 Å². The van der Waals surface area contributed by atoms with Crippen LogP contribution in [0.5, 0.6) is 0 Å². The van der Waals surface area contributed by atoms with Crippen LogP contribution in [0.4, 0.5) is 5.82 Å². The predicted octanol–water partition coefficient (Wildman–Crippen LogP) is 0.934. The first-order valence-corrected chi connectivity index (χ1v) is 3.68. The molecule has 0 bridgehead atoms. The van der Waals surface area contributed by atoms with E-state index in [1.165, 1.54) is 6.21 Å². The Hall–Kier alpha value is -1.51. The van der Waals surface area contributed by atoms with Gasteiger partial charge in [0.05, 0.1) is 7.05 Å². The van der Waals surface area contributed by atoms with E-state index in [0.717, 1.165) is 17.7 Å². The average molecular weight is 163 g/mol. The highest BCUT2D eigenvalue weighted by molar-refractivity contribution is 6.10. The minimum atomic E-state index is 0.738. The third-order valence-corrected chi connectivity index (χ3v) is 1.54. The molecule has 62 valence electrons. The van der Waals surface area contributed by atoms with Crippen molar-refractivity contribution < 1.29 is 9.37 Å². The van der Waals surface area contributed by atoms with Crippen LogP contribution in [-0.4, -0.2) is 29.1 Å². The Morgan fingerprint density at radius 2 is 2.25 bits per heavy atom. The Bertz CT molecular complexity index is 301. The smallest absolute Gasteiger partial charge is 0.295 e. The first-order valence-electron chi connectivity index (χ1n) is 3.68. The van der Waals surface area contributed by atoms with Gasteiger partial charge in [-0.3, -0.25) is 4.79 Å². The van der Waals surface area contributed by atoms with E-state index < -0.39 is 0 Å². The molecule has 0 aromatic carbocycles. The van der Waals surface area contributed by atoms with E-state index >= 15 is 0 Å². The summed E-state index contributed by atoms with van der Waals surface area (Å²) in [6.45, 7) is 1.97. The summed E-state index contributed by atoms with van der Waals surface area (Å²) in [6.07, 6.45) is 3.93. The minimum absolute atomic E-state index is 0.738. The fraction of sp³-hybridized carbons (Fsp3) is 0.222. The van der Waals surface area contributed by atoms with Crippen LogP contribution in [0.2, 0.25) is 0 Å². The van der Waals surface area contributed by atoms with Gasteiger partial charge < -0.3 is 0 Å². The number of hydrogen-bond acceptors (Lipinski definition) is 2. The monoisotopic (exact) mass is 163 g/mol. The summed E-state index contributed by atoms with van der Waals surface area (Å²) in [4.78, 5) is 14.3. The lowest BCUT2D eigenvalue weighted by molar-refractivity contribution is -0.402. The van der Waals surface area contributed by atoms with Crippen molar-refractivity contribution in [3.05, 3.63) is 23.9 Å². The molecular weight excluding hydrogens is 152 g/mol. The van der Waals surface area contributed by atoms with Gasteiger partial charge in [-0.2, -0.15) is 0 Å². The standard InChI is InChI=1S/C9H11N2O/c1-8-3-4-9(10-7-8)11(2)5-6-12/h3-7H,1-2H3/q+1. The van der Waals surface area contributed by atoms with Crippen molar-refractivity contribution in [2.75, 3.05) is 7.05 Å². The zero-order chi connectivity index (χ0) is 8.97. The normalized spacial score (nSPS) is 11.3. The van der Waals surface area contributed by atoms with Gasteiger partial charge in [-0.05, 0) is 23.5 Å². The van der Waals surface area contributed by atoms with E-state index in [1.54, 1.807) is 17.8 Å². The molecule has 1 rings (SSSR count). The lowest BCUT2D eigenvalue weighted by atomic mass is 10.3. The largest absolute Gasteiger partial charge is 0.322 e. The van der Waals surface area contributed by atoms with Crippen LogP contribution in [0.1, 0.15) is 5.56 Å². The molecule has 1 heterocycles. The van der Waals surface area contributed by atoms with E-state index in [1.807, 2.05) is 19.1 Å². The van der Waals surface area contributed by atoms with Gasteiger partial charge in [0.2, 0.25) is 0 Å². The van der Waals surface area contributed by atoms with Crippen molar-refractivity contribution in [3.63, 3.8) is 0 Å². The van der Waals surface area contributed by atoms with Crippen LogP contribution < -0.4 is 0 Å². The van der Waals surface area contributed by atoms with Gasteiger partial charge in [0.1, 0.15) is 12.4 Å². The maximum atomic E-state index is 10.1. The minimum Gasteiger partial charge on any atom is -0.295 e. The molecule has 0 radical (unpaired) electrons. The molecule has 0 N–H and O–H groups in total. The highest BCUT2D eigenvalue weighted by Gasteiger charge is 2.02. The van der Waals surface area contributed by atoms with Gasteiger partial charge in [-0.1, -0.05) is 0 Å². The summed E-state index contributed by atoms with van der Waals surface area (Å²) >= 11 is 0. The van der Waals surface area contributed by atoms with Crippen LogP contribution in [0.15, 0.2) is 18.3 Å². The number of hydrogen-bond donors (Lipinski definition) is 0. The molecule has 3 nitrogen and oxygen atoms in total. The number of aldehydes is 1. The Morgan fingerprint density at radius 1 is 1.50 bits per heavy atom. The van der Waals surface area contributed by atoms with E-state index in [9.17, 15) is 4.79 Å². The maximum absolute atomic E-state index is 10.1. The molecule has 0 atom stereocenters. The quantitative estimate of drug-likeness (QED) is 0.369. The summed E-state index contributed by atoms with van der Waals surface area (Å²) in [5.74, 6) is 0.771. The molecule has 0 saturated heterocycles. The molecule has 12 heavy (non-hydrogen) atoms. The third kappa shape index (κ3) is 1.99. The van der Waals surface area contributed by atoms with Crippen LogP contribution >= 0.6 is 0 Å². The van der Waals surface area contributed by atoms with E-state index in [2.05, 4.69) is 4.98 Å². The molecule has 1 aromatic heterocycles. The van der Waals surface area contributed by atoms with Crippen molar-refractivity contribution in [1.82, 2.24) is 4.98 Å². The van der Waals surface area contributed by atoms with Gasteiger partial charge in [-0.15, -0.1) is 0 Å². The van der Waals surface area contributed by atoms with Crippen LogP contribution in [0.3, 0.4) is 0 Å². The number of rotatable bonds is 2. The van der Waals surface area contributed by atoms with Gasteiger partial charge in [0.15, 0.2) is 6.29 Å². The summed E-state index contributed by atoms with van der Waals surface area (Å²) < 4.78 is 1.67. The molecular formula is C9H11N2O+. The van der Waals surface area contributed by atoms with Crippen molar-refractivity contribution in [1.29, 1.82) is 0 Å². The van der Waals surface area contributed by atoms with Crippen molar-refractivity contribution >= 4 is 18.3 Å². The van der Waals surface area contributed by atoms with Crippen LogP contribution in [0, 0.1) is 6.92 Å². The van der Waals surface area contributed by atoms with E-state index in [0.29, 0.717) is 0 Å². The lowest BCUT2D eigenvalue weighted by Crippen LogP contribution is -2.01. The SMILES string of the molecule is Cc1ccc([N+](C)=CC=O)nc1. The molecule has 0 aliphatic carbocycles. The summed E-state index contributed by atoms with van der Waals surface area (Å²) in [6, 6.07) is 3.83. The van der Waals surface area contributed by atoms with Gasteiger partial charge in [0.25, 0.3) is 0 Å². The molecule has 0 saturated carbocycles. The maximum Gasteiger partial charge on any atom is 0.322 e. The predicted molar refractivity (Wildman–Crippen MR) is 46.9 cm³/mol. The summed E-state index contributed by atoms with van der Waals surface area (Å²) in [5, 5.41) is 0. The molecule has 0 unspecified atom stereocenters. The Kier molecular flexibility index (Phi) is 2.69. The number of carbonyl (C=O) groups is 1. The second-order valence-electron chi connectivity index (χ2n) is 2.59. The molecule has 0 aliphatic heterocycles. The van der Waals surface area contributed by atoms with Crippen LogP contribution in [0.25, 0.3) is 0 Å². The summed E-state index contributed by atoms with van der Waals surface area (Å²) in [7, 11) is 1.78. The molecule has 1 aromatic rings. The van der Waals surface area contributed by atoms with E-state index in [-0.39, 0.29) is 0 Å². The average Bonchev–Trinajstić information content (AvgIpc) is 2.06. The second-order valence-corrected chi connectivity index (χ2v) is 2.59. The van der Waals surface area contributed by atoms with Gasteiger partial charge in [-0.25, -0.2) is 4.58 Å². The van der Waals surface area contributed by atoms with Gasteiger partial charge >= 0.3 is 5.82 Å². The first-order chi connectivity index (χ1) is 5.74. The lowest BCUT2D eigenvalue weighted by Gasteiger charge is -1.92. The highest BCUT2D eigenvalue weighted by atomic mass is 16.1. The third-order valence-electron chi connectivity index (χ3n) is 1.54. The first kappa shape index (κ1) is 8.59. The van der Waals surface area contributed by atoms with Crippen molar-refractivity contribution in [2.24, 2.45) is 0 Å². The topological polar surface area (TPSA) is 33.0 Å². The Balaban J connectivity index is 2.97. The second kappa shape index (κ2) is 3.76. The Morgan fingerprint density at radius 3 is 2.75 bits per heavy atom. The van der Waals surface area contributed by atoms with Crippen molar-refractivity contribution in [3.8, 4) is 0 Å². The highest BCUT2D eigenvalue weighted by Crippen LogP contribution is 2.05. The zero-order valence-corrected chi connectivity index (χ0v) is 7.19. The van der Waals surface area contributed by atoms with E-state index in [4.69, 9.17) is 0 Å². The Labute approximate surface area is 71.4 Å². The number of nitrogens with zero attached hydrogens (tertiary/aromatic N) is 2. The number of pyridine rings is 1. The molecule has 0 fully saturated rings. The fourth-order valence-electron chi connectivity index (χ4n) is 0.836. The zero-order valence-electron chi connectivity index (χ0n) is 7.19. The number of aromatic nitrogens is 1. The molecule has 0 aliphatic rings. The molecule has 3 heteroatoms.